The molecule has 0 aliphatic heterocycles. The first-order valence-corrected chi connectivity index (χ1v) is 4.37. The van der Waals surface area contributed by atoms with Crippen molar-refractivity contribution in [2.75, 3.05) is 0 Å². The van der Waals surface area contributed by atoms with Crippen LogP contribution in [-0.4, -0.2) is 15.2 Å². The van der Waals surface area contributed by atoms with Crippen LogP contribution in [0.4, 0.5) is 0 Å². The minimum atomic E-state index is -0.512. The van der Waals surface area contributed by atoms with Gasteiger partial charge in [-0.15, -0.1) is 12.6 Å². The lowest BCUT2D eigenvalue weighted by atomic mass is 10.2. The van der Waals surface area contributed by atoms with Crippen molar-refractivity contribution in [1.82, 2.24) is 9.97 Å². The van der Waals surface area contributed by atoms with Crippen LogP contribution in [0.25, 0.3) is 11.0 Å². The van der Waals surface area contributed by atoms with E-state index in [9.17, 15) is 4.79 Å². The van der Waals surface area contributed by atoms with Gasteiger partial charge in [-0.3, -0.25) is 4.79 Å². The van der Waals surface area contributed by atoms with Crippen LogP contribution in [0.15, 0.2) is 23.4 Å². The van der Waals surface area contributed by atoms with Crippen LogP contribution in [0.2, 0.25) is 0 Å². The molecule has 66 valence electrons. The molecule has 13 heavy (non-hydrogen) atoms. The molecular formula is C8H5ClN2OS. The average Bonchev–Trinajstić information content (AvgIpc) is 2.48. The third-order valence-electron chi connectivity index (χ3n) is 1.75. The highest BCUT2D eigenvalue weighted by molar-refractivity contribution is 7.80. The summed E-state index contributed by atoms with van der Waals surface area (Å²) >= 11 is 9.48. The fraction of sp³-hybridized carbons (Fsp3) is 0. The fourth-order valence-corrected chi connectivity index (χ4v) is 1.64. The van der Waals surface area contributed by atoms with E-state index in [-0.39, 0.29) is 0 Å². The van der Waals surface area contributed by atoms with Crippen LogP contribution in [0.5, 0.6) is 0 Å². The van der Waals surface area contributed by atoms with E-state index in [1.807, 2.05) is 0 Å². The lowest BCUT2D eigenvalue weighted by Crippen LogP contribution is -1.90. The molecule has 0 aliphatic rings. The minimum absolute atomic E-state index is 0.391. The number of nitrogens with zero attached hydrogens (tertiary/aromatic N) is 1. The molecule has 0 saturated heterocycles. The standard InChI is InChI=1S/C8H5ClN2OS/c9-8(12)4-1-5-6(2-7(4)13)11-3-10-5/h1-3,13H,(H,10,11). The lowest BCUT2D eigenvalue weighted by Gasteiger charge is -1.98. The van der Waals surface area contributed by atoms with Crippen molar-refractivity contribution >= 4 is 40.5 Å². The molecule has 0 amide bonds. The highest BCUT2D eigenvalue weighted by atomic mass is 35.5. The Morgan fingerprint density at radius 3 is 3.00 bits per heavy atom. The third-order valence-corrected chi connectivity index (χ3v) is 2.32. The van der Waals surface area contributed by atoms with Crippen LogP contribution in [0.1, 0.15) is 10.4 Å². The number of hydrogen-bond acceptors (Lipinski definition) is 3. The number of fused-ring (bicyclic) bond motifs is 1. The van der Waals surface area contributed by atoms with E-state index in [0.29, 0.717) is 10.5 Å². The Morgan fingerprint density at radius 2 is 2.31 bits per heavy atom. The van der Waals surface area contributed by atoms with Gasteiger partial charge in [0.1, 0.15) is 0 Å². The van der Waals surface area contributed by atoms with Gasteiger partial charge < -0.3 is 4.98 Å². The van der Waals surface area contributed by atoms with Crippen molar-refractivity contribution in [3.63, 3.8) is 0 Å². The van der Waals surface area contributed by atoms with Gasteiger partial charge in [0, 0.05) is 10.5 Å². The molecule has 1 heterocycles. The van der Waals surface area contributed by atoms with Crippen molar-refractivity contribution in [3.8, 4) is 0 Å². The first-order chi connectivity index (χ1) is 6.18. The first-order valence-electron chi connectivity index (χ1n) is 3.54. The average molecular weight is 213 g/mol. The number of benzene rings is 1. The minimum Gasteiger partial charge on any atom is -0.345 e. The van der Waals surface area contributed by atoms with E-state index in [1.165, 1.54) is 0 Å². The summed E-state index contributed by atoms with van der Waals surface area (Å²) in [7, 11) is 0. The second-order valence-electron chi connectivity index (χ2n) is 2.56. The smallest absolute Gasteiger partial charge is 0.253 e. The predicted octanol–water partition coefficient (Wildman–Crippen LogP) is 2.23. The van der Waals surface area contributed by atoms with Crippen LogP contribution in [0, 0.1) is 0 Å². The SMILES string of the molecule is O=C(Cl)c1cc2[nH]cnc2cc1S. The van der Waals surface area contributed by atoms with Gasteiger partial charge in [0.05, 0.1) is 17.4 Å². The van der Waals surface area contributed by atoms with Crippen LogP contribution >= 0.6 is 24.2 Å². The Kier molecular flexibility index (Phi) is 2.01. The van der Waals surface area contributed by atoms with Crippen molar-refractivity contribution in [3.05, 3.63) is 24.0 Å². The summed E-state index contributed by atoms with van der Waals surface area (Å²) in [5.74, 6) is 0. The van der Waals surface area contributed by atoms with E-state index in [1.54, 1.807) is 18.5 Å². The Labute approximate surface area is 84.5 Å². The summed E-state index contributed by atoms with van der Waals surface area (Å²) in [5.41, 5.74) is 1.94. The van der Waals surface area contributed by atoms with Crippen molar-refractivity contribution in [1.29, 1.82) is 0 Å². The van der Waals surface area contributed by atoms with Gasteiger partial charge in [-0.05, 0) is 23.7 Å². The summed E-state index contributed by atoms with van der Waals surface area (Å²) in [6, 6.07) is 3.34. The molecule has 0 radical (unpaired) electrons. The van der Waals surface area contributed by atoms with E-state index in [0.717, 1.165) is 11.0 Å². The molecule has 0 unspecified atom stereocenters. The summed E-state index contributed by atoms with van der Waals surface area (Å²) in [6.07, 6.45) is 1.56. The van der Waals surface area contributed by atoms with Gasteiger partial charge in [-0.1, -0.05) is 0 Å². The molecule has 0 spiro atoms. The van der Waals surface area contributed by atoms with E-state index in [2.05, 4.69) is 22.6 Å². The number of aromatic nitrogens is 2. The molecule has 0 atom stereocenters. The molecule has 0 fully saturated rings. The van der Waals surface area contributed by atoms with Gasteiger partial charge in [-0.25, -0.2) is 4.98 Å². The van der Waals surface area contributed by atoms with Crippen LogP contribution in [0.3, 0.4) is 0 Å². The summed E-state index contributed by atoms with van der Waals surface area (Å²) in [5, 5.41) is -0.512. The third kappa shape index (κ3) is 1.43. The monoisotopic (exact) mass is 212 g/mol. The number of nitrogens with one attached hydrogen (secondary N) is 1. The van der Waals surface area contributed by atoms with Gasteiger partial charge in [0.25, 0.3) is 5.24 Å². The predicted molar refractivity (Wildman–Crippen MR) is 53.5 cm³/mol. The van der Waals surface area contributed by atoms with E-state index < -0.39 is 5.24 Å². The lowest BCUT2D eigenvalue weighted by molar-refractivity contribution is 0.107. The maximum absolute atomic E-state index is 10.9. The number of imidazole rings is 1. The molecule has 2 aromatic rings. The summed E-state index contributed by atoms with van der Waals surface area (Å²) in [6.45, 7) is 0. The second kappa shape index (κ2) is 3.05. The molecule has 3 nitrogen and oxygen atoms in total. The maximum atomic E-state index is 10.9. The molecular weight excluding hydrogens is 208 g/mol. The molecule has 5 heteroatoms. The number of hydrogen-bond donors (Lipinski definition) is 2. The van der Waals surface area contributed by atoms with Crippen molar-refractivity contribution < 1.29 is 4.79 Å². The van der Waals surface area contributed by atoms with E-state index in [4.69, 9.17) is 11.6 Å². The molecule has 1 N–H and O–H groups in total. The Bertz CT molecular complexity index is 480. The number of thiol groups is 1. The number of aromatic amines is 1. The second-order valence-corrected chi connectivity index (χ2v) is 3.39. The fourth-order valence-electron chi connectivity index (χ4n) is 1.13. The largest absolute Gasteiger partial charge is 0.345 e. The number of halogens is 1. The first kappa shape index (κ1) is 8.59. The van der Waals surface area contributed by atoms with Gasteiger partial charge in [0.15, 0.2) is 0 Å². The van der Waals surface area contributed by atoms with Gasteiger partial charge in [0.2, 0.25) is 0 Å². The number of H-pyrrole nitrogens is 1. The molecule has 0 aliphatic carbocycles. The molecule has 2 rings (SSSR count). The van der Waals surface area contributed by atoms with E-state index >= 15 is 0 Å². The zero-order chi connectivity index (χ0) is 9.42. The van der Waals surface area contributed by atoms with Gasteiger partial charge in [-0.2, -0.15) is 0 Å². The zero-order valence-electron chi connectivity index (χ0n) is 6.41. The number of carbonyl (C=O) groups excluding carboxylic acids is 1. The topological polar surface area (TPSA) is 45.8 Å². The molecule has 1 aromatic carbocycles. The van der Waals surface area contributed by atoms with Crippen molar-refractivity contribution in [2.24, 2.45) is 0 Å². The zero-order valence-corrected chi connectivity index (χ0v) is 8.06. The molecule has 0 saturated carbocycles. The Hall–Kier alpha value is -1.00. The summed E-state index contributed by atoms with van der Waals surface area (Å²) in [4.78, 5) is 18.4. The maximum Gasteiger partial charge on any atom is 0.253 e. The highest BCUT2D eigenvalue weighted by Gasteiger charge is 2.08. The number of carbonyl (C=O) groups is 1. The van der Waals surface area contributed by atoms with Crippen LogP contribution in [-0.2, 0) is 0 Å². The van der Waals surface area contributed by atoms with Gasteiger partial charge >= 0.3 is 0 Å². The quantitative estimate of drug-likeness (QED) is 0.563. The highest BCUT2D eigenvalue weighted by Crippen LogP contribution is 2.21. The normalized spacial score (nSPS) is 10.6. The Balaban J connectivity index is 2.76. The van der Waals surface area contributed by atoms with Crippen molar-refractivity contribution in [2.45, 2.75) is 4.90 Å². The summed E-state index contributed by atoms with van der Waals surface area (Å²) < 4.78 is 0. The molecule has 0 bridgehead atoms. The molecule has 1 aromatic heterocycles. The number of rotatable bonds is 1. The van der Waals surface area contributed by atoms with Crippen LogP contribution < -0.4 is 0 Å². The Morgan fingerprint density at radius 1 is 1.54 bits per heavy atom.